The van der Waals surface area contributed by atoms with Crippen LogP contribution in [0.1, 0.15) is 27.1 Å². The summed E-state index contributed by atoms with van der Waals surface area (Å²) in [6, 6.07) is 10.4. The number of aryl methyl sites for hydroxylation is 2. The van der Waals surface area contributed by atoms with E-state index in [2.05, 4.69) is 63.9 Å². The van der Waals surface area contributed by atoms with Crippen molar-refractivity contribution in [1.82, 2.24) is 0 Å². The second-order valence-electron chi connectivity index (χ2n) is 4.95. The lowest BCUT2D eigenvalue weighted by Gasteiger charge is -2.18. The lowest BCUT2D eigenvalue weighted by Crippen LogP contribution is -2.00. The van der Waals surface area contributed by atoms with Crippen molar-refractivity contribution in [2.75, 3.05) is 14.2 Å². The molecule has 0 fully saturated rings. The highest BCUT2D eigenvalue weighted by atomic mass is 79.9. The molecular weight excluding hydrogens is 396 g/mol. The molecule has 0 heterocycles. The number of benzene rings is 2. The summed E-state index contributed by atoms with van der Waals surface area (Å²) in [5.41, 5.74) is 4.75. The van der Waals surface area contributed by atoms with Gasteiger partial charge in [-0.2, -0.15) is 0 Å². The average Bonchev–Trinajstić information content (AvgIpc) is 2.48. The number of hydrogen-bond acceptors (Lipinski definition) is 2. The molecule has 2 rings (SSSR count). The van der Waals surface area contributed by atoms with Crippen molar-refractivity contribution in [3.8, 4) is 11.5 Å². The summed E-state index contributed by atoms with van der Waals surface area (Å²) >= 11 is 7.44. The highest BCUT2D eigenvalue weighted by Crippen LogP contribution is 2.41. The van der Waals surface area contributed by atoms with E-state index in [-0.39, 0.29) is 4.83 Å². The van der Waals surface area contributed by atoms with E-state index in [1.807, 2.05) is 12.1 Å². The quantitative estimate of drug-likeness (QED) is 0.610. The molecule has 0 saturated carbocycles. The van der Waals surface area contributed by atoms with Crippen molar-refractivity contribution < 1.29 is 9.47 Å². The number of rotatable bonds is 4. The van der Waals surface area contributed by atoms with Crippen LogP contribution in [0.15, 0.2) is 34.8 Å². The summed E-state index contributed by atoms with van der Waals surface area (Å²) in [4.78, 5) is 0.0894. The number of methoxy groups -OCH3 is 2. The first-order valence-electron chi connectivity index (χ1n) is 6.60. The van der Waals surface area contributed by atoms with Crippen LogP contribution in [0.2, 0.25) is 0 Å². The van der Waals surface area contributed by atoms with E-state index in [0.717, 1.165) is 21.5 Å². The predicted octanol–water partition coefficient (Wildman–Crippen LogP) is 5.57. The Morgan fingerprint density at radius 2 is 1.52 bits per heavy atom. The second kappa shape index (κ2) is 6.84. The van der Waals surface area contributed by atoms with Crippen LogP contribution in [0.3, 0.4) is 0 Å². The van der Waals surface area contributed by atoms with Gasteiger partial charge in [0.15, 0.2) is 11.5 Å². The molecule has 2 aromatic carbocycles. The van der Waals surface area contributed by atoms with Crippen molar-refractivity contribution in [3.05, 3.63) is 57.1 Å². The van der Waals surface area contributed by atoms with Gasteiger partial charge >= 0.3 is 0 Å². The first kappa shape index (κ1) is 16.4. The first-order chi connectivity index (χ1) is 9.97. The van der Waals surface area contributed by atoms with Crippen LogP contribution in [-0.4, -0.2) is 14.2 Å². The molecule has 1 unspecified atom stereocenters. The Labute approximate surface area is 142 Å². The summed E-state index contributed by atoms with van der Waals surface area (Å²) < 4.78 is 11.9. The predicted molar refractivity (Wildman–Crippen MR) is 93.9 cm³/mol. The standard InChI is InChI=1S/C17H18Br2O2/c1-10-5-6-14(18)13(7-10)17(19)12-9-16(21-4)15(20-3)8-11(12)2/h5-9,17H,1-4H3. The smallest absolute Gasteiger partial charge is 0.161 e. The third-order valence-electron chi connectivity index (χ3n) is 3.47. The summed E-state index contributed by atoms with van der Waals surface area (Å²) in [6.45, 7) is 4.17. The van der Waals surface area contributed by atoms with Crippen molar-refractivity contribution in [3.63, 3.8) is 0 Å². The summed E-state index contributed by atoms with van der Waals surface area (Å²) in [7, 11) is 3.31. The molecule has 21 heavy (non-hydrogen) atoms. The van der Waals surface area contributed by atoms with Crippen LogP contribution in [-0.2, 0) is 0 Å². The maximum absolute atomic E-state index is 5.41. The molecule has 0 bridgehead atoms. The largest absolute Gasteiger partial charge is 0.493 e. The van der Waals surface area contributed by atoms with E-state index in [0.29, 0.717) is 0 Å². The van der Waals surface area contributed by atoms with E-state index in [9.17, 15) is 0 Å². The molecule has 0 saturated heterocycles. The fourth-order valence-electron chi connectivity index (χ4n) is 2.29. The van der Waals surface area contributed by atoms with Gasteiger partial charge in [0.1, 0.15) is 0 Å². The average molecular weight is 414 g/mol. The molecule has 2 aromatic rings. The highest BCUT2D eigenvalue weighted by molar-refractivity contribution is 9.11. The molecule has 0 amide bonds. The Hall–Kier alpha value is -1.00. The Morgan fingerprint density at radius 1 is 0.905 bits per heavy atom. The second-order valence-corrected chi connectivity index (χ2v) is 6.72. The zero-order valence-corrected chi connectivity index (χ0v) is 15.7. The zero-order chi connectivity index (χ0) is 15.6. The summed E-state index contributed by atoms with van der Waals surface area (Å²) in [5.74, 6) is 1.49. The van der Waals surface area contributed by atoms with Gasteiger partial charge in [-0.25, -0.2) is 0 Å². The van der Waals surface area contributed by atoms with Crippen LogP contribution >= 0.6 is 31.9 Å². The van der Waals surface area contributed by atoms with Crippen molar-refractivity contribution in [1.29, 1.82) is 0 Å². The van der Waals surface area contributed by atoms with E-state index >= 15 is 0 Å². The molecule has 112 valence electrons. The van der Waals surface area contributed by atoms with E-state index in [1.54, 1.807) is 14.2 Å². The van der Waals surface area contributed by atoms with Gasteiger partial charge in [0, 0.05) is 4.47 Å². The van der Waals surface area contributed by atoms with Crippen molar-refractivity contribution in [2.45, 2.75) is 18.7 Å². The van der Waals surface area contributed by atoms with Gasteiger partial charge < -0.3 is 9.47 Å². The number of alkyl halides is 1. The topological polar surface area (TPSA) is 18.5 Å². The van der Waals surface area contributed by atoms with Gasteiger partial charge in [0.2, 0.25) is 0 Å². The SMILES string of the molecule is COc1cc(C)c(C(Br)c2cc(C)ccc2Br)cc1OC. The lowest BCUT2D eigenvalue weighted by atomic mass is 9.98. The van der Waals surface area contributed by atoms with E-state index in [1.165, 1.54) is 16.7 Å². The van der Waals surface area contributed by atoms with Crippen molar-refractivity contribution >= 4 is 31.9 Å². The fraction of sp³-hybridized carbons (Fsp3) is 0.294. The normalized spacial score (nSPS) is 12.1. The van der Waals surface area contributed by atoms with Gasteiger partial charge in [-0.3, -0.25) is 0 Å². The Balaban J connectivity index is 2.52. The molecule has 4 heteroatoms. The molecule has 2 nitrogen and oxygen atoms in total. The van der Waals surface area contributed by atoms with Crippen LogP contribution in [0.5, 0.6) is 11.5 Å². The Morgan fingerprint density at radius 3 is 2.14 bits per heavy atom. The molecule has 0 aromatic heterocycles. The van der Waals surface area contributed by atoms with Gasteiger partial charge in [-0.1, -0.05) is 49.6 Å². The lowest BCUT2D eigenvalue weighted by molar-refractivity contribution is 0.354. The maximum Gasteiger partial charge on any atom is 0.161 e. The maximum atomic E-state index is 5.41. The molecule has 0 aliphatic rings. The Kier molecular flexibility index (Phi) is 5.33. The molecule has 1 atom stereocenters. The zero-order valence-electron chi connectivity index (χ0n) is 12.5. The molecule has 0 spiro atoms. The first-order valence-corrected chi connectivity index (χ1v) is 8.31. The van der Waals surface area contributed by atoms with Crippen LogP contribution in [0.25, 0.3) is 0 Å². The molecule has 0 aliphatic heterocycles. The van der Waals surface area contributed by atoms with Crippen LogP contribution in [0, 0.1) is 13.8 Å². The minimum absolute atomic E-state index is 0.0894. The van der Waals surface area contributed by atoms with E-state index in [4.69, 9.17) is 9.47 Å². The number of halogens is 2. The summed E-state index contributed by atoms with van der Waals surface area (Å²) in [6.07, 6.45) is 0. The van der Waals surface area contributed by atoms with Crippen LogP contribution < -0.4 is 9.47 Å². The monoisotopic (exact) mass is 412 g/mol. The number of hydrogen-bond donors (Lipinski definition) is 0. The fourth-order valence-corrected chi connectivity index (χ4v) is 3.95. The van der Waals surface area contributed by atoms with Crippen molar-refractivity contribution in [2.24, 2.45) is 0 Å². The minimum Gasteiger partial charge on any atom is -0.493 e. The van der Waals surface area contributed by atoms with Gasteiger partial charge in [-0.05, 0) is 48.7 Å². The highest BCUT2D eigenvalue weighted by Gasteiger charge is 2.18. The Bertz CT molecular complexity index is 653. The van der Waals surface area contributed by atoms with Gasteiger partial charge in [0.25, 0.3) is 0 Å². The van der Waals surface area contributed by atoms with Gasteiger partial charge in [-0.15, -0.1) is 0 Å². The third-order valence-corrected chi connectivity index (χ3v) is 5.18. The molecule has 0 radical (unpaired) electrons. The molecule has 0 N–H and O–H groups in total. The molecule has 0 aliphatic carbocycles. The van der Waals surface area contributed by atoms with Gasteiger partial charge in [0.05, 0.1) is 19.0 Å². The third kappa shape index (κ3) is 3.43. The summed E-state index contributed by atoms with van der Waals surface area (Å²) in [5, 5.41) is 0. The van der Waals surface area contributed by atoms with Crippen LogP contribution in [0.4, 0.5) is 0 Å². The van der Waals surface area contributed by atoms with E-state index < -0.39 is 0 Å². The minimum atomic E-state index is 0.0894. The molecular formula is C17H18Br2O2. The number of ether oxygens (including phenoxy) is 2.